The first-order valence-electron chi connectivity index (χ1n) is 6.99. The van der Waals surface area contributed by atoms with Crippen molar-refractivity contribution in [2.75, 3.05) is 6.54 Å². The normalized spacial score (nSPS) is 19.1. The summed E-state index contributed by atoms with van der Waals surface area (Å²) in [4.78, 5) is 15.9. The quantitative estimate of drug-likeness (QED) is 0.805. The molecule has 0 bridgehead atoms. The van der Waals surface area contributed by atoms with Gasteiger partial charge in [-0.1, -0.05) is 20.8 Å². The molecule has 2 nitrogen and oxygen atoms in total. The first-order chi connectivity index (χ1) is 8.63. The minimum Gasteiger partial charge on any atom is -0.335 e. The van der Waals surface area contributed by atoms with Crippen molar-refractivity contribution in [2.24, 2.45) is 5.92 Å². The molecule has 0 spiro atoms. The highest BCUT2D eigenvalue weighted by molar-refractivity contribution is 7.10. The van der Waals surface area contributed by atoms with E-state index in [0.29, 0.717) is 24.3 Å². The maximum Gasteiger partial charge on any atom is 0.223 e. The Hall–Kier alpha value is -0.830. The summed E-state index contributed by atoms with van der Waals surface area (Å²) < 4.78 is 0. The number of thiophene rings is 1. The second-order valence-electron chi connectivity index (χ2n) is 5.49. The van der Waals surface area contributed by atoms with Gasteiger partial charge < -0.3 is 4.90 Å². The van der Waals surface area contributed by atoms with Crippen LogP contribution in [0.1, 0.15) is 56.5 Å². The Kier molecular flexibility index (Phi) is 4.44. The van der Waals surface area contributed by atoms with Crippen molar-refractivity contribution in [3.05, 3.63) is 21.9 Å². The molecule has 3 heteroatoms. The number of carbonyl (C=O) groups is 1. The monoisotopic (exact) mass is 265 g/mol. The van der Waals surface area contributed by atoms with Gasteiger partial charge in [0, 0.05) is 17.8 Å². The van der Waals surface area contributed by atoms with Gasteiger partial charge >= 0.3 is 0 Å². The molecule has 0 aliphatic carbocycles. The van der Waals surface area contributed by atoms with Crippen LogP contribution in [0.3, 0.4) is 0 Å². The predicted molar refractivity (Wildman–Crippen MR) is 76.8 cm³/mol. The second kappa shape index (κ2) is 5.87. The number of fused-ring (bicyclic) bond motifs is 1. The van der Waals surface area contributed by atoms with Gasteiger partial charge in [0.25, 0.3) is 0 Å². The number of amides is 1. The lowest BCUT2D eigenvalue weighted by molar-refractivity contribution is -0.134. The summed E-state index contributed by atoms with van der Waals surface area (Å²) in [6, 6.07) is 2.52. The molecular formula is C15H23NOS. The molecule has 0 fully saturated rings. The zero-order chi connectivity index (χ0) is 13.1. The average molecular weight is 265 g/mol. The highest BCUT2D eigenvalue weighted by atomic mass is 32.1. The molecule has 0 saturated heterocycles. The van der Waals surface area contributed by atoms with Crippen molar-refractivity contribution >= 4 is 17.2 Å². The highest BCUT2D eigenvalue weighted by Crippen LogP contribution is 2.35. The Labute approximate surface area is 114 Å². The van der Waals surface area contributed by atoms with Crippen molar-refractivity contribution in [1.82, 2.24) is 4.90 Å². The molecular weight excluding hydrogens is 242 g/mol. The molecule has 0 N–H and O–H groups in total. The predicted octanol–water partition coefficient (Wildman–Crippen LogP) is 4.02. The van der Waals surface area contributed by atoms with Crippen LogP contribution in [0.15, 0.2) is 11.4 Å². The summed E-state index contributed by atoms with van der Waals surface area (Å²) in [5, 5.41) is 2.16. The second-order valence-corrected chi connectivity index (χ2v) is 6.49. The fourth-order valence-electron chi connectivity index (χ4n) is 2.69. The summed E-state index contributed by atoms with van der Waals surface area (Å²) in [6.45, 7) is 7.44. The third-order valence-electron chi connectivity index (χ3n) is 3.74. The van der Waals surface area contributed by atoms with E-state index in [9.17, 15) is 4.79 Å². The van der Waals surface area contributed by atoms with E-state index in [1.807, 2.05) is 11.3 Å². The third kappa shape index (κ3) is 2.77. The maximum atomic E-state index is 12.3. The highest BCUT2D eigenvalue weighted by Gasteiger charge is 2.29. The molecule has 1 unspecified atom stereocenters. The molecule has 1 aliphatic rings. The van der Waals surface area contributed by atoms with Gasteiger partial charge in [0.15, 0.2) is 0 Å². The zero-order valence-corrected chi connectivity index (χ0v) is 12.4. The van der Waals surface area contributed by atoms with Gasteiger partial charge in [0.05, 0.1) is 6.04 Å². The van der Waals surface area contributed by atoms with Gasteiger partial charge in [-0.15, -0.1) is 11.3 Å². The summed E-state index contributed by atoms with van der Waals surface area (Å²) in [5.41, 5.74) is 1.40. The van der Waals surface area contributed by atoms with Gasteiger partial charge in [-0.3, -0.25) is 4.79 Å². The summed E-state index contributed by atoms with van der Waals surface area (Å²) in [7, 11) is 0. The molecule has 100 valence electrons. The average Bonchev–Trinajstić information content (AvgIpc) is 2.82. The van der Waals surface area contributed by atoms with Crippen LogP contribution >= 0.6 is 11.3 Å². The topological polar surface area (TPSA) is 20.3 Å². The molecule has 2 heterocycles. The number of nitrogens with zero attached hydrogens (tertiary/aromatic N) is 1. The van der Waals surface area contributed by atoms with Crippen LogP contribution in [0.5, 0.6) is 0 Å². The van der Waals surface area contributed by atoms with Crippen molar-refractivity contribution in [3.8, 4) is 0 Å². The first kappa shape index (κ1) is 13.6. The van der Waals surface area contributed by atoms with E-state index in [1.165, 1.54) is 10.4 Å². The van der Waals surface area contributed by atoms with E-state index in [0.717, 1.165) is 25.8 Å². The Bertz CT molecular complexity index is 410. The molecule has 1 atom stereocenters. The number of carbonyl (C=O) groups excluding carboxylic acids is 1. The lowest BCUT2D eigenvalue weighted by Gasteiger charge is -2.35. The molecule has 1 aromatic heterocycles. The van der Waals surface area contributed by atoms with Crippen LogP contribution in [0.25, 0.3) is 0 Å². The van der Waals surface area contributed by atoms with Crippen molar-refractivity contribution in [1.29, 1.82) is 0 Å². The van der Waals surface area contributed by atoms with Crippen LogP contribution < -0.4 is 0 Å². The van der Waals surface area contributed by atoms with E-state index in [4.69, 9.17) is 0 Å². The number of hydrogen-bond donors (Lipinski definition) is 0. The Balaban J connectivity index is 2.08. The van der Waals surface area contributed by atoms with E-state index in [1.54, 1.807) is 0 Å². The Morgan fingerprint density at radius 3 is 3.00 bits per heavy atom. The minimum atomic E-state index is 0.319. The van der Waals surface area contributed by atoms with Gasteiger partial charge in [-0.05, 0) is 42.2 Å². The van der Waals surface area contributed by atoms with Crippen LogP contribution in [0.4, 0.5) is 0 Å². The van der Waals surface area contributed by atoms with E-state index in [2.05, 4.69) is 37.1 Å². The molecule has 1 aliphatic heterocycles. The number of rotatable bonds is 4. The molecule has 0 saturated carbocycles. The Morgan fingerprint density at radius 1 is 1.56 bits per heavy atom. The van der Waals surface area contributed by atoms with Crippen LogP contribution in [-0.4, -0.2) is 17.4 Å². The van der Waals surface area contributed by atoms with Gasteiger partial charge in [0.1, 0.15) is 0 Å². The fourth-order valence-corrected chi connectivity index (χ4v) is 3.62. The maximum absolute atomic E-state index is 12.3. The number of hydrogen-bond acceptors (Lipinski definition) is 2. The van der Waals surface area contributed by atoms with Crippen molar-refractivity contribution in [2.45, 2.75) is 52.5 Å². The summed E-state index contributed by atoms with van der Waals surface area (Å²) in [5.74, 6) is 0.947. The van der Waals surface area contributed by atoms with E-state index in [-0.39, 0.29) is 0 Å². The lowest BCUT2D eigenvalue weighted by atomic mass is 9.96. The molecule has 2 rings (SSSR count). The minimum absolute atomic E-state index is 0.319. The third-order valence-corrected chi connectivity index (χ3v) is 4.73. The van der Waals surface area contributed by atoms with E-state index < -0.39 is 0 Å². The molecule has 18 heavy (non-hydrogen) atoms. The van der Waals surface area contributed by atoms with E-state index >= 15 is 0 Å². The first-order valence-corrected chi connectivity index (χ1v) is 7.87. The fraction of sp³-hybridized carbons (Fsp3) is 0.667. The largest absolute Gasteiger partial charge is 0.335 e. The summed E-state index contributed by atoms with van der Waals surface area (Å²) in [6.07, 6.45) is 3.77. The lowest BCUT2D eigenvalue weighted by Crippen LogP contribution is -2.39. The molecule has 1 aromatic rings. The molecule has 1 amide bonds. The molecule has 0 radical (unpaired) electrons. The van der Waals surface area contributed by atoms with Gasteiger partial charge in [-0.25, -0.2) is 0 Å². The van der Waals surface area contributed by atoms with Gasteiger partial charge in [-0.2, -0.15) is 0 Å². The summed E-state index contributed by atoms with van der Waals surface area (Å²) >= 11 is 1.84. The smallest absolute Gasteiger partial charge is 0.223 e. The van der Waals surface area contributed by atoms with Crippen molar-refractivity contribution in [3.63, 3.8) is 0 Å². The Morgan fingerprint density at radius 2 is 2.33 bits per heavy atom. The van der Waals surface area contributed by atoms with Crippen LogP contribution in [0.2, 0.25) is 0 Å². The van der Waals surface area contributed by atoms with Crippen LogP contribution in [0, 0.1) is 5.92 Å². The SMILES string of the molecule is CCC1c2ccsc2CCN1C(=O)CCC(C)C. The zero-order valence-electron chi connectivity index (χ0n) is 11.6. The van der Waals surface area contributed by atoms with Crippen molar-refractivity contribution < 1.29 is 4.79 Å². The van der Waals surface area contributed by atoms with Crippen LogP contribution in [-0.2, 0) is 11.2 Å². The van der Waals surface area contributed by atoms with Gasteiger partial charge in [0.2, 0.25) is 5.91 Å². The standard InChI is InChI=1S/C15H23NOS/c1-4-13-12-8-10-18-14(12)7-9-16(13)15(17)6-5-11(2)3/h8,10-11,13H,4-7,9H2,1-3H3. The molecule has 0 aromatic carbocycles.